The van der Waals surface area contributed by atoms with Crippen LogP contribution in [-0.4, -0.2) is 37.0 Å². The van der Waals surface area contributed by atoms with E-state index in [1.807, 2.05) is 0 Å². The van der Waals surface area contributed by atoms with E-state index in [1.54, 1.807) is 0 Å². The van der Waals surface area contributed by atoms with Crippen LogP contribution in [-0.2, 0) is 14.3 Å². The van der Waals surface area contributed by atoms with E-state index in [9.17, 15) is 9.90 Å². The fourth-order valence-electron chi connectivity index (χ4n) is 0.867. The highest BCUT2D eigenvalue weighted by Crippen LogP contribution is 2.16. The lowest BCUT2D eigenvalue weighted by atomic mass is 10.1. The zero-order chi connectivity index (χ0) is 8.27. The molecule has 4 heteroatoms. The van der Waals surface area contributed by atoms with E-state index in [2.05, 4.69) is 4.74 Å². The van der Waals surface area contributed by atoms with Crippen molar-refractivity contribution in [3.05, 3.63) is 0 Å². The van der Waals surface area contributed by atoms with Crippen molar-refractivity contribution < 1.29 is 19.4 Å². The third-order valence-corrected chi connectivity index (χ3v) is 1.57. The smallest absolute Gasteiger partial charge is 0.308 e. The highest BCUT2D eigenvalue weighted by Gasteiger charge is 2.26. The molecule has 1 rings (SSSR count). The Bertz CT molecular complexity index is 141. The summed E-state index contributed by atoms with van der Waals surface area (Å²) >= 11 is 0. The fourth-order valence-corrected chi connectivity index (χ4v) is 0.867. The monoisotopic (exact) mass is 160 g/mol. The van der Waals surface area contributed by atoms with Crippen LogP contribution in [0, 0.1) is 0 Å². The second kappa shape index (κ2) is 3.69. The number of hydrogen-bond donors (Lipinski definition) is 1. The van der Waals surface area contributed by atoms with Crippen molar-refractivity contribution in [3.8, 4) is 0 Å². The normalized spacial score (nSPS) is 24.4. The van der Waals surface area contributed by atoms with E-state index >= 15 is 0 Å². The number of methoxy groups -OCH3 is 1. The van der Waals surface area contributed by atoms with Gasteiger partial charge in [-0.2, -0.15) is 0 Å². The van der Waals surface area contributed by atoms with E-state index < -0.39 is 6.10 Å². The first kappa shape index (κ1) is 8.49. The first-order valence-electron chi connectivity index (χ1n) is 3.59. The molecule has 0 aromatic rings. The van der Waals surface area contributed by atoms with Gasteiger partial charge in [-0.05, 0) is 0 Å². The molecule has 1 heterocycles. The zero-order valence-electron chi connectivity index (χ0n) is 6.45. The molecule has 0 saturated carbocycles. The van der Waals surface area contributed by atoms with Crippen LogP contribution < -0.4 is 0 Å². The Morgan fingerprint density at radius 3 is 3.00 bits per heavy atom. The van der Waals surface area contributed by atoms with Gasteiger partial charge >= 0.3 is 5.97 Å². The Hall–Kier alpha value is -0.610. The van der Waals surface area contributed by atoms with Crippen molar-refractivity contribution in [1.82, 2.24) is 0 Å². The van der Waals surface area contributed by atoms with Crippen LogP contribution in [0.25, 0.3) is 0 Å². The summed E-state index contributed by atoms with van der Waals surface area (Å²) in [5.41, 5.74) is 0. The molecule has 4 nitrogen and oxygen atoms in total. The van der Waals surface area contributed by atoms with Gasteiger partial charge in [0, 0.05) is 6.42 Å². The van der Waals surface area contributed by atoms with Crippen LogP contribution in [0.5, 0.6) is 0 Å². The summed E-state index contributed by atoms with van der Waals surface area (Å²) in [7, 11) is 1.31. The summed E-state index contributed by atoms with van der Waals surface area (Å²) in [6.45, 7) is 0.707. The number of aliphatic hydroxyl groups excluding tert-OH is 1. The SMILES string of the molecule is COC(=O)C[C@@H](O)CC1CO1. The van der Waals surface area contributed by atoms with Gasteiger partial charge < -0.3 is 14.6 Å². The van der Waals surface area contributed by atoms with E-state index in [4.69, 9.17) is 4.74 Å². The maximum absolute atomic E-state index is 10.6. The summed E-state index contributed by atoms with van der Waals surface area (Å²) in [6.07, 6.45) is 0.149. The molecule has 1 aliphatic heterocycles. The molecule has 0 spiro atoms. The summed E-state index contributed by atoms with van der Waals surface area (Å²) in [5, 5.41) is 9.18. The molecule has 1 fully saturated rings. The predicted molar refractivity (Wildman–Crippen MR) is 37.0 cm³/mol. The fraction of sp³-hybridized carbons (Fsp3) is 0.857. The number of aliphatic hydroxyl groups is 1. The topological polar surface area (TPSA) is 59.1 Å². The third kappa shape index (κ3) is 3.34. The van der Waals surface area contributed by atoms with Crippen LogP contribution in [0.2, 0.25) is 0 Å². The van der Waals surface area contributed by atoms with E-state index in [1.165, 1.54) is 7.11 Å². The first-order valence-corrected chi connectivity index (χ1v) is 3.59. The van der Waals surface area contributed by atoms with Crippen molar-refractivity contribution in [1.29, 1.82) is 0 Å². The van der Waals surface area contributed by atoms with Gasteiger partial charge in [-0.25, -0.2) is 0 Å². The Morgan fingerprint density at radius 2 is 2.55 bits per heavy atom. The minimum atomic E-state index is -0.616. The largest absolute Gasteiger partial charge is 0.469 e. The minimum Gasteiger partial charge on any atom is -0.469 e. The molecule has 11 heavy (non-hydrogen) atoms. The average molecular weight is 160 g/mol. The van der Waals surface area contributed by atoms with Gasteiger partial charge in [0.2, 0.25) is 0 Å². The van der Waals surface area contributed by atoms with Gasteiger partial charge in [-0.15, -0.1) is 0 Å². The summed E-state index contributed by atoms with van der Waals surface area (Å²) in [6, 6.07) is 0. The zero-order valence-corrected chi connectivity index (χ0v) is 6.45. The van der Waals surface area contributed by atoms with E-state index in [-0.39, 0.29) is 18.5 Å². The van der Waals surface area contributed by atoms with Gasteiger partial charge in [-0.1, -0.05) is 0 Å². The number of rotatable bonds is 4. The standard InChI is InChI=1S/C7H12O4/c1-10-7(9)3-5(8)2-6-4-11-6/h5-6,8H,2-4H2,1H3/t5-,6?/m0/s1. The van der Waals surface area contributed by atoms with Crippen molar-refractivity contribution >= 4 is 5.97 Å². The molecule has 0 radical (unpaired) electrons. The maximum atomic E-state index is 10.6. The highest BCUT2D eigenvalue weighted by atomic mass is 16.6. The van der Waals surface area contributed by atoms with Crippen LogP contribution in [0.15, 0.2) is 0 Å². The summed E-state index contributed by atoms with van der Waals surface area (Å²) in [4.78, 5) is 10.6. The van der Waals surface area contributed by atoms with E-state index in [0.29, 0.717) is 13.0 Å². The molecule has 0 bridgehead atoms. The number of epoxide rings is 1. The van der Waals surface area contributed by atoms with Gasteiger partial charge in [0.1, 0.15) is 0 Å². The molecule has 0 aromatic heterocycles. The lowest BCUT2D eigenvalue weighted by molar-refractivity contribution is -0.142. The quantitative estimate of drug-likeness (QED) is 0.453. The molecule has 1 N–H and O–H groups in total. The molecule has 1 aliphatic rings. The number of ether oxygens (including phenoxy) is 2. The molecule has 1 saturated heterocycles. The second-order valence-electron chi connectivity index (χ2n) is 2.63. The number of hydrogen-bond acceptors (Lipinski definition) is 4. The summed E-state index contributed by atoms with van der Waals surface area (Å²) < 4.78 is 9.27. The number of carbonyl (C=O) groups excluding carboxylic acids is 1. The van der Waals surface area contributed by atoms with E-state index in [0.717, 1.165) is 0 Å². The highest BCUT2D eigenvalue weighted by molar-refractivity contribution is 5.69. The molecule has 64 valence electrons. The van der Waals surface area contributed by atoms with Crippen LogP contribution in [0.4, 0.5) is 0 Å². The molecular formula is C7H12O4. The molecule has 0 amide bonds. The van der Waals surface area contributed by atoms with Crippen molar-refractivity contribution in [3.63, 3.8) is 0 Å². The van der Waals surface area contributed by atoms with Gasteiger partial charge in [0.25, 0.3) is 0 Å². The van der Waals surface area contributed by atoms with Gasteiger partial charge in [0.15, 0.2) is 0 Å². The lowest BCUT2D eigenvalue weighted by Gasteiger charge is -2.05. The Kier molecular flexibility index (Phi) is 2.84. The Labute approximate surface area is 65.1 Å². The van der Waals surface area contributed by atoms with Crippen molar-refractivity contribution in [2.45, 2.75) is 25.0 Å². The molecule has 0 aliphatic carbocycles. The first-order chi connectivity index (χ1) is 5.22. The minimum absolute atomic E-state index is 0.0658. The van der Waals surface area contributed by atoms with Crippen molar-refractivity contribution in [2.75, 3.05) is 13.7 Å². The van der Waals surface area contributed by atoms with Gasteiger partial charge in [-0.3, -0.25) is 4.79 Å². The van der Waals surface area contributed by atoms with Crippen LogP contribution in [0.3, 0.4) is 0 Å². The van der Waals surface area contributed by atoms with Gasteiger partial charge in [0.05, 0.1) is 32.3 Å². The third-order valence-electron chi connectivity index (χ3n) is 1.57. The Morgan fingerprint density at radius 1 is 1.91 bits per heavy atom. The number of esters is 1. The number of carbonyl (C=O) groups is 1. The molecule has 1 unspecified atom stereocenters. The molecule has 0 aromatic carbocycles. The summed E-state index contributed by atoms with van der Waals surface area (Å²) in [5.74, 6) is -0.377. The molecule has 2 atom stereocenters. The second-order valence-corrected chi connectivity index (χ2v) is 2.63. The average Bonchev–Trinajstić information content (AvgIpc) is 2.71. The van der Waals surface area contributed by atoms with Crippen molar-refractivity contribution in [2.24, 2.45) is 0 Å². The maximum Gasteiger partial charge on any atom is 0.308 e. The Balaban J connectivity index is 2.08. The van der Waals surface area contributed by atoms with Crippen LogP contribution >= 0.6 is 0 Å². The molecular weight excluding hydrogens is 148 g/mol. The predicted octanol–water partition coefficient (Wildman–Crippen LogP) is -0.301. The lowest BCUT2D eigenvalue weighted by Crippen LogP contribution is -2.16. The van der Waals surface area contributed by atoms with Crippen LogP contribution in [0.1, 0.15) is 12.8 Å².